The summed E-state index contributed by atoms with van der Waals surface area (Å²) in [7, 11) is -3.06. The summed E-state index contributed by atoms with van der Waals surface area (Å²) >= 11 is 0. The van der Waals surface area contributed by atoms with Crippen LogP contribution in [0.15, 0.2) is 23.8 Å². The zero-order valence-corrected chi connectivity index (χ0v) is 8.78. The largest absolute Gasteiger partial charge is 0.374 e. The van der Waals surface area contributed by atoms with E-state index in [0.29, 0.717) is 5.57 Å². The second-order valence-corrected chi connectivity index (χ2v) is 4.89. The minimum Gasteiger partial charge on any atom is -0.374 e. The Morgan fingerprint density at radius 2 is 2.21 bits per heavy atom. The average molecular weight is 219 g/mol. The van der Waals surface area contributed by atoms with Gasteiger partial charge >= 0.3 is 0 Å². The summed E-state index contributed by atoms with van der Waals surface area (Å²) in [6.07, 6.45) is 3.59. The lowest BCUT2D eigenvalue weighted by molar-refractivity contribution is 0.113. The first-order chi connectivity index (χ1) is 6.31. The highest BCUT2D eigenvalue weighted by molar-refractivity contribution is 7.87. The standard InChI is InChI=1S/C8H13NO4S/c1-6-3-4-7(13-2)8(9,5-6)14(10,11)12/h3-5,7H,9H2,1-2H3,(H,10,11,12). The van der Waals surface area contributed by atoms with E-state index in [1.54, 1.807) is 13.0 Å². The zero-order valence-electron chi connectivity index (χ0n) is 7.97. The van der Waals surface area contributed by atoms with E-state index in [-0.39, 0.29) is 0 Å². The van der Waals surface area contributed by atoms with Gasteiger partial charge in [-0.1, -0.05) is 17.7 Å². The molecule has 0 saturated heterocycles. The van der Waals surface area contributed by atoms with Gasteiger partial charge in [0, 0.05) is 7.11 Å². The van der Waals surface area contributed by atoms with E-state index >= 15 is 0 Å². The third-order valence-electron chi connectivity index (χ3n) is 2.13. The molecule has 1 aliphatic rings. The van der Waals surface area contributed by atoms with Gasteiger partial charge in [0.1, 0.15) is 6.10 Å². The Balaban J connectivity index is 3.25. The van der Waals surface area contributed by atoms with Crippen LogP contribution in [0, 0.1) is 0 Å². The average Bonchev–Trinajstić information content (AvgIpc) is 2.02. The molecule has 0 aliphatic heterocycles. The van der Waals surface area contributed by atoms with Gasteiger partial charge in [0.15, 0.2) is 4.87 Å². The molecule has 2 atom stereocenters. The number of hydrogen-bond donors (Lipinski definition) is 2. The predicted molar refractivity (Wildman–Crippen MR) is 52.2 cm³/mol. The van der Waals surface area contributed by atoms with Crippen molar-refractivity contribution >= 4 is 10.1 Å². The Bertz CT molecular complexity index is 384. The zero-order chi connectivity index (χ0) is 11.0. The van der Waals surface area contributed by atoms with Crippen molar-refractivity contribution in [3.8, 4) is 0 Å². The molecule has 2 unspecified atom stereocenters. The Morgan fingerprint density at radius 3 is 2.64 bits per heavy atom. The van der Waals surface area contributed by atoms with E-state index < -0.39 is 21.1 Å². The molecule has 0 aromatic rings. The lowest BCUT2D eigenvalue weighted by atomic mass is 10.0. The van der Waals surface area contributed by atoms with Gasteiger partial charge in [-0.3, -0.25) is 4.55 Å². The molecule has 5 nitrogen and oxygen atoms in total. The monoisotopic (exact) mass is 219 g/mol. The quantitative estimate of drug-likeness (QED) is 0.641. The van der Waals surface area contributed by atoms with Crippen LogP contribution in [0.2, 0.25) is 0 Å². The van der Waals surface area contributed by atoms with Crippen LogP contribution in [0.1, 0.15) is 6.92 Å². The van der Waals surface area contributed by atoms with Crippen LogP contribution in [0.25, 0.3) is 0 Å². The molecule has 0 spiro atoms. The molecule has 0 aromatic carbocycles. The molecule has 1 aliphatic carbocycles. The molecular weight excluding hydrogens is 206 g/mol. The first-order valence-corrected chi connectivity index (χ1v) is 5.41. The van der Waals surface area contributed by atoms with Gasteiger partial charge in [0.05, 0.1) is 0 Å². The van der Waals surface area contributed by atoms with Crippen LogP contribution in [0.4, 0.5) is 0 Å². The molecule has 14 heavy (non-hydrogen) atoms. The third-order valence-corrected chi connectivity index (χ3v) is 3.38. The number of allylic oxidation sites excluding steroid dienone is 2. The van der Waals surface area contributed by atoms with Crippen molar-refractivity contribution in [1.82, 2.24) is 0 Å². The van der Waals surface area contributed by atoms with E-state index in [9.17, 15) is 8.42 Å². The van der Waals surface area contributed by atoms with Gasteiger partial charge in [0.2, 0.25) is 0 Å². The number of hydrogen-bond acceptors (Lipinski definition) is 4. The van der Waals surface area contributed by atoms with E-state index in [2.05, 4.69) is 0 Å². The van der Waals surface area contributed by atoms with E-state index in [1.165, 1.54) is 19.3 Å². The summed E-state index contributed by atoms with van der Waals surface area (Å²) in [6.45, 7) is 1.69. The van der Waals surface area contributed by atoms with Crippen LogP contribution >= 0.6 is 0 Å². The van der Waals surface area contributed by atoms with E-state index in [1.807, 2.05) is 0 Å². The molecule has 0 heterocycles. The van der Waals surface area contributed by atoms with Gasteiger partial charge in [-0.2, -0.15) is 8.42 Å². The van der Waals surface area contributed by atoms with Crippen molar-refractivity contribution in [2.24, 2.45) is 5.73 Å². The Kier molecular flexibility index (Phi) is 2.82. The van der Waals surface area contributed by atoms with Crippen LogP contribution in [0.3, 0.4) is 0 Å². The molecule has 0 aromatic heterocycles. The summed E-state index contributed by atoms with van der Waals surface area (Å²) in [4.78, 5) is -1.89. The number of rotatable bonds is 2. The second kappa shape index (κ2) is 3.47. The predicted octanol–water partition coefficient (Wildman–Crippen LogP) is 0.0603. The maximum atomic E-state index is 11.1. The highest BCUT2D eigenvalue weighted by Crippen LogP contribution is 2.26. The van der Waals surface area contributed by atoms with Gasteiger partial charge in [-0.15, -0.1) is 0 Å². The van der Waals surface area contributed by atoms with Crippen molar-refractivity contribution in [3.63, 3.8) is 0 Å². The minimum absolute atomic E-state index is 0.665. The molecule has 6 heteroatoms. The first-order valence-electron chi connectivity index (χ1n) is 3.97. The van der Waals surface area contributed by atoms with Crippen LogP contribution in [-0.4, -0.2) is 31.1 Å². The van der Waals surface area contributed by atoms with Crippen molar-refractivity contribution in [1.29, 1.82) is 0 Å². The lowest BCUT2D eigenvalue weighted by Gasteiger charge is -2.31. The number of methoxy groups -OCH3 is 1. The molecule has 0 amide bonds. The summed E-state index contributed by atoms with van der Waals surface area (Å²) < 4.78 is 36.1. The molecule has 0 radical (unpaired) electrons. The fourth-order valence-electron chi connectivity index (χ4n) is 1.36. The topological polar surface area (TPSA) is 89.6 Å². The van der Waals surface area contributed by atoms with E-state index in [4.69, 9.17) is 15.0 Å². The molecular formula is C8H13NO4S. The molecule has 0 saturated carbocycles. The highest BCUT2D eigenvalue weighted by atomic mass is 32.2. The summed E-state index contributed by atoms with van der Waals surface area (Å²) in [6, 6.07) is 0. The Morgan fingerprint density at radius 1 is 1.64 bits per heavy atom. The molecule has 3 N–H and O–H groups in total. The summed E-state index contributed by atoms with van der Waals surface area (Å²) in [5, 5.41) is 0. The van der Waals surface area contributed by atoms with Crippen molar-refractivity contribution in [2.75, 3.05) is 7.11 Å². The van der Waals surface area contributed by atoms with E-state index in [0.717, 1.165) is 0 Å². The Hall–Kier alpha value is -0.690. The molecule has 0 bridgehead atoms. The fraction of sp³-hybridized carbons (Fsp3) is 0.500. The maximum Gasteiger partial charge on any atom is 0.290 e. The normalized spacial score (nSPS) is 32.9. The van der Waals surface area contributed by atoms with Crippen molar-refractivity contribution < 1.29 is 17.7 Å². The first kappa shape index (κ1) is 11.4. The number of ether oxygens (including phenoxy) is 1. The Labute approximate surface area is 83.0 Å². The maximum absolute atomic E-state index is 11.1. The molecule has 0 fully saturated rings. The van der Waals surface area contributed by atoms with Crippen LogP contribution < -0.4 is 5.73 Å². The van der Waals surface area contributed by atoms with Gasteiger partial charge in [-0.25, -0.2) is 0 Å². The van der Waals surface area contributed by atoms with Gasteiger partial charge in [-0.05, 0) is 13.0 Å². The van der Waals surface area contributed by atoms with Gasteiger partial charge < -0.3 is 10.5 Å². The minimum atomic E-state index is -4.39. The van der Waals surface area contributed by atoms with Crippen molar-refractivity contribution in [2.45, 2.75) is 17.9 Å². The molecule has 80 valence electrons. The van der Waals surface area contributed by atoms with Crippen LogP contribution in [-0.2, 0) is 14.9 Å². The highest BCUT2D eigenvalue weighted by Gasteiger charge is 2.45. The third kappa shape index (κ3) is 1.74. The molecule has 1 rings (SSSR count). The van der Waals surface area contributed by atoms with Gasteiger partial charge in [0.25, 0.3) is 10.1 Å². The second-order valence-electron chi connectivity index (χ2n) is 3.23. The fourth-order valence-corrected chi connectivity index (χ4v) is 2.16. The van der Waals surface area contributed by atoms with Crippen LogP contribution in [0.5, 0.6) is 0 Å². The number of nitrogens with two attached hydrogens (primary N) is 1. The SMILES string of the molecule is COC1C=CC(C)=CC1(N)S(=O)(=O)O. The smallest absolute Gasteiger partial charge is 0.290 e. The summed E-state index contributed by atoms with van der Waals surface area (Å²) in [5.41, 5.74) is 6.26. The lowest BCUT2D eigenvalue weighted by Crippen LogP contribution is -2.56. The van der Waals surface area contributed by atoms with Crippen molar-refractivity contribution in [3.05, 3.63) is 23.8 Å². The summed E-state index contributed by atoms with van der Waals surface area (Å²) in [5.74, 6) is 0.